The summed E-state index contributed by atoms with van der Waals surface area (Å²) >= 11 is 3.35. The monoisotopic (exact) mass is 306 g/mol. The normalized spacial score (nSPS) is 10.1. The van der Waals surface area contributed by atoms with Crippen LogP contribution in [0.25, 0.3) is 0 Å². The maximum absolute atomic E-state index is 11.9. The van der Waals surface area contributed by atoms with Gasteiger partial charge in [-0.1, -0.05) is 34.1 Å². The van der Waals surface area contributed by atoms with E-state index in [1.54, 1.807) is 18.2 Å². The van der Waals surface area contributed by atoms with E-state index in [0.29, 0.717) is 5.69 Å². The van der Waals surface area contributed by atoms with Gasteiger partial charge in [-0.2, -0.15) is 0 Å². The van der Waals surface area contributed by atoms with Gasteiger partial charge in [-0.15, -0.1) is 0 Å². The highest BCUT2D eigenvalue weighted by molar-refractivity contribution is 9.08. The van der Waals surface area contributed by atoms with Crippen molar-refractivity contribution in [2.45, 2.75) is 5.33 Å². The fraction of sp³-hybridized carbons (Fsp3) is 0.0769. The van der Waals surface area contributed by atoms with Crippen molar-refractivity contribution in [3.8, 4) is 0 Å². The van der Waals surface area contributed by atoms with Gasteiger partial charge >= 0.3 is 0 Å². The van der Waals surface area contributed by atoms with Crippen molar-refractivity contribution in [1.29, 1.82) is 0 Å². The quantitative estimate of drug-likeness (QED) is 0.856. The van der Waals surface area contributed by atoms with Crippen LogP contribution in [-0.2, 0) is 5.33 Å². The molecule has 1 aromatic carbocycles. The fourth-order valence-corrected chi connectivity index (χ4v) is 1.86. The van der Waals surface area contributed by atoms with Gasteiger partial charge in [0.2, 0.25) is 5.56 Å². The summed E-state index contributed by atoms with van der Waals surface area (Å²) in [7, 11) is 0. The third kappa shape index (κ3) is 3.07. The van der Waals surface area contributed by atoms with Crippen LogP contribution in [-0.4, -0.2) is 10.9 Å². The van der Waals surface area contributed by atoms with Gasteiger partial charge in [-0.3, -0.25) is 9.59 Å². The van der Waals surface area contributed by atoms with Crippen LogP contribution in [0.3, 0.4) is 0 Å². The lowest BCUT2D eigenvalue weighted by Gasteiger charge is -2.06. The zero-order chi connectivity index (χ0) is 13.0. The summed E-state index contributed by atoms with van der Waals surface area (Å²) in [5.41, 5.74) is 1.71. The molecule has 0 aliphatic rings. The van der Waals surface area contributed by atoms with Crippen LogP contribution >= 0.6 is 15.9 Å². The summed E-state index contributed by atoms with van der Waals surface area (Å²) in [6.45, 7) is 0. The lowest BCUT2D eigenvalue weighted by Crippen LogP contribution is -2.17. The van der Waals surface area contributed by atoms with Crippen LogP contribution in [0.2, 0.25) is 0 Å². The van der Waals surface area contributed by atoms with Gasteiger partial charge in [0.05, 0.1) is 0 Å². The Labute approximate surface area is 112 Å². The highest BCUT2D eigenvalue weighted by atomic mass is 79.9. The second-order valence-corrected chi connectivity index (χ2v) is 4.28. The number of carbonyl (C=O) groups is 1. The van der Waals surface area contributed by atoms with Crippen LogP contribution in [0.4, 0.5) is 5.69 Å². The van der Waals surface area contributed by atoms with Gasteiger partial charge in [0.15, 0.2) is 0 Å². The second kappa shape index (κ2) is 5.64. The molecule has 0 atom stereocenters. The van der Waals surface area contributed by atoms with Crippen molar-refractivity contribution >= 4 is 27.5 Å². The molecule has 1 amide bonds. The standard InChI is InChI=1S/C13H11BrN2O2/c14-8-9-3-1-4-10(7-9)15-13(18)11-5-2-6-12(17)16-11/h1-7H,8H2,(H,15,18)(H,16,17). The topological polar surface area (TPSA) is 62.0 Å². The number of rotatable bonds is 3. The molecule has 0 bridgehead atoms. The Kier molecular flexibility index (Phi) is 3.94. The number of aromatic amines is 1. The molecule has 92 valence electrons. The molecular formula is C13H11BrN2O2. The van der Waals surface area contributed by atoms with Gasteiger partial charge in [0, 0.05) is 17.1 Å². The van der Waals surface area contributed by atoms with E-state index in [0.717, 1.165) is 10.9 Å². The van der Waals surface area contributed by atoms with Crippen molar-refractivity contribution in [2.24, 2.45) is 0 Å². The molecular weight excluding hydrogens is 296 g/mol. The Bertz CT molecular complexity index is 622. The van der Waals surface area contributed by atoms with E-state index >= 15 is 0 Å². The molecule has 5 heteroatoms. The minimum atomic E-state index is -0.334. The SMILES string of the molecule is O=C(Nc1cccc(CBr)c1)c1cccc(=O)[nH]1. The number of nitrogens with one attached hydrogen (secondary N) is 2. The second-order valence-electron chi connectivity index (χ2n) is 3.72. The van der Waals surface area contributed by atoms with E-state index in [1.807, 2.05) is 18.2 Å². The first-order chi connectivity index (χ1) is 8.69. The number of hydrogen-bond acceptors (Lipinski definition) is 2. The van der Waals surface area contributed by atoms with Crippen LogP contribution in [0.15, 0.2) is 47.3 Å². The zero-order valence-electron chi connectivity index (χ0n) is 9.44. The highest BCUT2D eigenvalue weighted by Crippen LogP contribution is 2.13. The summed E-state index contributed by atoms with van der Waals surface area (Å²) < 4.78 is 0. The smallest absolute Gasteiger partial charge is 0.272 e. The molecule has 1 heterocycles. The average molecular weight is 307 g/mol. The molecule has 2 rings (SSSR count). The number of pyridine rings is 1. The third-order valence-corrected chi connectivity index (χ3v) is 3.00. The van der Waals surface area contributed by atoms with Gasteiger partial charge in [-0.25, -0.2) is 0 Å². The molecule has 0 aliphatic heterocycles. The molecule has 0 spiro atoms. The van der Waals surface area contributed by atoms with Gasteiger partial charge in [-0.05, 0) is 23.8 Å². The van der Waals surface area contributed by atoms with Crippen molar-refractivity contribution in [3.63, 3.8) is 0 Å². The lowest BCUT2D eigenvalue weighted by atomic mass is 10.2. The average Bonchev–Trinajstić information content (AvgIpc) is 2.39. The van der Waals surface area contributed by atoms with E-state index in [4.69, 9.17) is 0 Å². The minimum Gasteiger partial charge on any atom is -0.321 e. The molecule has 0 fully saturated rings. The number of alkyl halides is 1. The van der Waals surface area contributed by atoms with Crippen LogP contribution in [0.1, 0.15) is 16.1 Å². The number of carbonyl (C=O) groups excluding carboxylic acids is 1. The van der Waals surface area contributed by atoms with E-state index in [9.17, 15) is 9.59 Å². The van der Waals surface area contributed by atoms with E-state index in [1.165, 1.54) is 6.07 Å². The first kappa shape index (κ1) is 12.6. The van der Waals surface area contributed by atoms with Crippen molar-refractivity contribution in [3.05, 3.63) is 64.1 Å². The third-order valence-electron chi connectivity index (χ3n) is 2.35. The Morgan fingerprint density at radius 2 is 2.00 bits per heavy atom. The van der Waals surface area contributed by atoms with Crippen molar-refractivity contribution < 1.29 is 4.79 Å². The van der Waals surface area contributed by atoms with Crippen molar-refractivity contribution in [2.75, 3.05) is 5.32 Å². The summed E-state index contributed by atoms with van der Waals surface area (Å²) in [6, 6.07) is 11.9. The van der Waals surface area contributed by atoms with E-state index < -0.39 is 0 Å². The molecule has 2 N–H and O–H groups in total. The molecule has 0 saturated heterocycles. The van der Waals surface area contributed by atoms with E-state index in [2.05, 4.69) is 26.2 Å². The predicted octanol–water partition coefficient (Wildman–Crippen LogP) is 2.52. The highest BCUT2D eigenvalue weighted by Gasteiger charge is 2.06. The molecule has 4 nitrogen and oxygen atoms in total. The van der Waals surface area contributed by atoms with Crippen LogP contribution in [0, 0.1) is 0 Å². The minimum absolute atomic E-state index is 0.242. The molecule has 1 aromatic heterocycles. The number of halogens is 1. The first-order valence-electron chi connectivity index (χ1n) is 5.34. The summed E-state index contributed by atoms with van der Waals surface area (Å²) in [4.78, 5) is 25.5. The number of aromatic nitrogens is 1. The molecule has 0 aliphatic carbocycles. The van der Waals surface area contributed by atoms with Gasteiger partial charge in [0.25, 0.3) is 5.91 Å². The number of hydrogen-bond donors (Lipinski definition) is 2. The molecule has 0 unspecified atom stereocenters. The Hall–Kier alpha value is -1.88. The number of anilines is 1. The Morgan fingerprint density at radius 1 is 1.22 bits per heavy atom. The van der Waals surface area contributed by atoms with Gasteiger partial charge < -0.3 is 10.3 Å². The number of amides is 1. The van der Waals surface area contributed by atoms with Gasteiger partial charge in [0.1, 0.15) is 5.69 Å². The maximum Gasteiger partial charge on any atom is 0.272 e. The summed E-state index contributed by atoms with van der Waals surface area (Å²) in [5.74, 6) is -0.334. The van der Waals surface area contributed by atoms with Crippen molar-refractivity contribution in [1.82, 2.24) is 4.98 Å². The molecule has 0 saturated carbocycles. The molecule has 2 aromatic rings. The predicted molar refractivity (Wildman–Crippen MR) is 74.1 cm³/mol. The lowest BCUT2D eigenvalue weighted by molar-refractivity contribution is 0.102. The zero-order valence-corrected chi connectivity index (χ0v) is 11.0. The maximum atomic E-state index is 11.9. The Morgan fingerprint density at radius 3 is 2.72 bits per heavy atom. The van der Waals surface area contributed by atoms with Crippen LogP contribution in [0.5, 0.6) is 0 Å². The number of benzene rings is 1. The number of H-pyrrole nitrogens is 1. The summed E-state index contributed by atoms with van der Waals surface area (Å²) in [6.07, 6.45) is 0. The molecule has 18 heavy (non-hydrogen) atoms. The van der Waals surface area contributed by atoms with E-state index in [-0.39, 0.29) is 17.2 Å². The first-order valence-corrected chi connectivity index (χ1v) is 6.47. The fourth-order valence-electron chi connectivity index (χ4n) is 1.51. The molecule has 0 radical (unpaired) electrons. The van der Waals surface area contributed by atoms with Crippen LogP contribution < -0.4 is 10.9 Å². The largest absolute Gasteiger partial charge is 0.321 e. The Balaban J connectivity index is 2.18. The summed E-state index contributed by atoms with van der Waals surface area (Å²) in [5, 5.41) is 3.45.